The molecule has 1 aromatic rings. The van der Waals surface area contributed by atoms with E-state index in [0.717, 1.165) is 0 Å². The highest BCUT2D eigenvalue weighted by molar-refractivity contribution is 5.69. The number of aromatic nitrogens is 3. The van der Waals surface area contributed by atoms with Gasteiger partial charge in [-0.25, -0.2) is 9.67 Å². The summed E-state index contributed by atoms with van der Waals surface area (Å²) in [5.41, 5.74) is 5.32. The van der Waals surface area contributed by atoms with Crippen molar-refractivity contribution in [2.75, 3.05) is 0 Å². The first-order valence-electron chi connectivity index (χ1n) is 4.39. The number of hydrogen-bond acceptors (Lipinski definition) is 5. The molecule has 0 aliphatic carbocycles. The molecule has 6 nitrogen and oxygen atoms in total. The molecule has 0 unspecified atom stereocenters. The van der Waals surface area contributed by atoms with E-state index in [2.05, 4.69) is 10.1 Å². The number of hydrogen-bond donors (Lipinski definition) is 1. The summed E-state index contributed by atoms with van der Waals surface area (Å²) in [6.45, 7) is 3.94. The van der Waals surface area contributed by atoms with Crippen molar-refractivity contribution in [3.8, 4) is 0 Å². The van der Waals surface area contributed by atoms with Crippen LogP contribution < -0.4 is 5.73 Å². The van der Waals surface area contributed by atoms with Crippen molar-refractivity contribution in [3.63, 3.8) is 0 Å². The topological polar surface area (TPSA) is 83.0 Å². The van der Waals surface area contributed by atoms with Gasteiger partial charge in [0.2, 0.25) is 0 Å². The molecule has 0 spiro atoms. The number of carbonyl (C=O) groups is 1. The quantitative estimate of drug-likeness (QED) is 0.671. The molecule has 0 fully saturated rings. The number of rotatable bonds is 4. The van der Waals surface area contributed by atoms with Crippen LogP contribution in [0.25, 0.3) is 0 Å². The summed E-state index contributed by atoms with van der Waals surface area (Å²) in [7, 11) is 0. The van der Waals surface area contributed by atoms with E-state index in [1.807, 2.05) is 0 Å². The Morgan fingerprint density at radius 3 is 2.93 bits per heavy atom. The third kappa shape index (κ3) is 3.14. The predicted molar refractivity (Wildman–Crippen MR) is 49.1 cm³/mol. The maximum atomic E-state index is 11.2. The number of ether oxygens (including phenoxy) is 1. The molecule has 1 aromatic heterocycles. The summed E-state index contributed by atoms with van der Waals surface area (Å²) >= 11 is 0. The molecule has 0 aromatic carbocycles. The molecule has 2 N–H and O–H groups in total. The highest BCUT2D eigenvalue weighted by atomic mass is 16.5. The van der Waals surface area contributed by atoms with E-state index in [9.17, 15) is 4.79 Å². The summed E-state index contributed by atoms with van der Waals surface area (Å²) in [5.74, 6) is 0.191. The van der Waals surface area contributed by atoms with Crippen molar-refractivity contribution >= 4 is 5.97 Å². The second-order valence-corrected chi connectivity index (χ2v) is 3.10. The lowest BCUT2D eigenvalue weighted by molar-refractivity contribution is -0.148. The standard InChI is InChI=1S/C8H14N4O2/c1-6(2)14-8(13)4-12-5-10-7(3-9)11-12/h5-6H,3-4,9H2,1-2H3. The molecular formula is C8H14N4O2. The number of nitrogens with zero attached hydrogens (tertiary/aromatic N) is 3. The van der Waals surface area contributed by atoms with Crippen LogP contribution in [0.5, 0.6) is 0 Å². The third-order valence-electron chi connectivity index (χ3n) is 1.42. The first kappa shape index (κ1) is 10.6. The largest absolute Gasteiger partial charge is 0.462 e. The van der Waals surface area contributed by atoms with Crippen molar-refractivity contribution in [2.45, 2.75) is 33.0 Å². The highest BCUT2D eigenvalue weighted by Crippen LogP contribution is 1.93. The molecule has 1 heterocycles. The second-order valence-electron chi connectivity index (χ2n) is 3.10. The molecule has 6 heteroatoms. The van der Waals surface area contributed by atoms with Gasteiger partial charge in [0, 0.05) is 0 Å². The van der Waals surface area contributed by atoms with Gasteiger partial charge in [0.25, 0.3) is 0 Å². The van der Waals surface area contributed by atoms with Crippen molar-refractivity contribution in [1.29, 1.82) is 0 Å². The lowest BCUT2D eigenvalue weighted by atomic mass is 10.5. The van der Waals surface area contributed by atoms with E-state index >= 15 is 0 Å². The van der Waals surface area contributed by atoms with Gasteiger partial charge >= 0.3 is 5.97 Å². The first-order chi connectivity index (χ1) is 6.61. The van der Waals surface area contributed by atoms with Crippen molar-refractivity contribution in [1.82, 2.24) is 14.8 Å². The van der Waals surface area contributed by atoms with E-state index in [1.165, 1.54) is 11.0 Å². The second kappa shape index (κ2) is 4.71. The Balaban J connectivity index is 2.47. The van der Waals surface area contributed by atoms with Crippen LogP contribution in [0.4, 0.5) is 0 Å². The predicted octanol–water partition coefficient (Wildman–Crippen LogP) is -0.312. The van der Waals surface area contributed by atoms with E-state index in [1.54, 1.807) is 13.8 Å². The van der Waals surface area contributed by atoms with Gasteiger partial charge in [-0.1, -0.05) is 0 Å². The highest BCUT2D eigenvalue weighted by Gasteiger charge is 2.07. The average Bonchev–Trinajstić information content (AvgIpc) is 2.50. The van der Waals surface area contributed by atoms with E-state index < -0.39 is 0 Å². The fourth-order valence-electron chi connectivity index (χ4n) is 0.935. The summed E-state index contributed by atoms with van der Waals surface area (Å²) in [5, 5.41) is 3.96. The lowest BCUT2D eigenvalue weighted by Gasteiger charge is -2.06. The Labute approximate surface area is 82.1 Å². The zero-order valence-corrected chi connectivity index (χ0v) is 8.30. The van der Waals surface area contributed by atoms with E-state index in [-0.39, 0.29) is 25.2 Å². The fourth-order valence-corrected chi connectivity index (χ4v) is 0.935. The Morgan fingerprint density at radius 1 is 1.71 bits per heavy atom. The molecule has 0 saturated heterocycles. The summed E-state index contributed by atoms with van der Waals surface area (Å²) in [4.78, 5) is 15.1. The summed E-state index contributed by atoms with van der Waals surface area (Å²) in [6, 6.07) is 0. The van der Waals surface area contributed by atoms with Gasteiger partial charge in [0.15, 0.2) is 5.82 Å². The molecular weight excluding hydrogens is 184 g/mol. The van der Waals surface area contributed by atoms with Crippen LogP contribution in [0, 0.1) is 0 Å². The zero-order chi connectivity index (χ0) is 10.6. The maximum Gasteiger partial charge on any atom is 0.328 e. The van der Waals surface area contributed by atoms with Gasteiger partial charge in [-0.2, -0.15) is 5.10 Å². The fraction of sp³-hybridized carbons (Fsp3) is 0.625. The van der Waals surface area contributed by atoms with Crippen molar-refractivity contribution in [3.05, 3.63) is 12.2 Å². The van der Waals surface area contributed by atoms with Crippen LogP contribution in [0.15, 0.2) is 6.33 Å². The number of carbonyl (C=O) groups excluding carboxylic acids is 1. The SMILES string of the molecule is CC(C)OC(=O)Cn1cnc(CN)n1. The van der Waals surface area contributed by atoms with Crippen LogP contribution >= 0.6 is 0 Å². The van der Waals surface area contributed by atoms with Gasteiger partial charge in [-0.3, -0.25) is 4.79 Å². The Morgan fingerprint density at radius 2 is 2.43 bits per heavy atom. The lowest BCUT2D eigenvalue weighted by Crippen LogP contribution is -2.18. The molecule has 0 saturated carbocycles. The molecule has 0 bridgehead atoms. The molecule has 0 atom stereocenters. The van der Waals surface area contributed by atoms with E-state index in [4.69, 9.17) is 10.5 Å². The molecule has 1 rings (SSSR count). The monoisotopic (exact) mass is 198 g/mol. The maximum absolute atomic E-state index is 11.2. The van der Waals surface area contributed by atoms with Crippen LogP contribution in [0.2, 0.25) is 0 Å². The molecule has 0 radical (unpaired) electrons. The Kier molecular flexibility index (Phi) is 3.58. The van der Waals surface area contributed by atoms with Crippen molar-refractivity contribution < 1.29 is 9.53 Å². The summed E-state index contributed by atoms with van der Waals surface area (Å²) in [6.07, 6.45) is 1.35. The molecule has 0 amide bonds. The molecule has 0 aliphatic rings. The minimum absolute atomic E-state index is 0.0746. The molecule has 0 aliphatic heterocycles. The smallest absolute Gasteiger partial charge is 0.328 e. The molecule has 14 heavy (non-hydrogen) atoms. The summed E-state index contributed by atoms with van der Waals surface area (Å²) < 4.78 is 6.35. The van der Waals surface area contributed by atoms with Crippen LogP contribution in [0.3, 0.4) is 0 Å². The van der Waals surface area contributed by atoms with Crippen LogP contribution in [-0.4, -0.2) is 26.8 Å². The van der Waals surface area contributed by atoms with Gasteiger partial charge in [0.05, 0.1) is 12.6 Å². The Hall–Kier alpha value is -1.43. The minimum atomic E-state index is -0.325. The number of esters is 1. The van der Waals surface area contributed by atoms with E-state index in [0.29, 0.717) is 5.82 Å². The van der Waals surface area contributed by atoms with Gasteiger partial charge in [0.1, 0.15) is 12.9 Å². The average molecular weight is 198 g/mol. The van der Waals surface area contributed by atoms with Crippen LogP contribution in [0.1, 0.15) is 19.7 Å². The number of nitrogens with two attached hydrogens (primary N) is 1. The minimum Gasteiger partial charge on any atom is -0.462 e. The Bertz CT molecular complexity index is 308. The third-order valence-corrected chi connectivity index (χ3v) is 1.42. The molecule has 78 valence electrons. The van der Waals surface area contributed by atoms with Crippen molar-refractivity contribution in [2.24, 2.45) is 5.73 Å². The van der Waals surface area contributed by atoms with Gasteiger partial charge in [-0.05, 0) is 13.8 Å². The van der Waals surface area contributed by atoms with Gasteiger partial charge < -0.3 is 10.5 Å². The normalized spacial score (nSPS) is 10.6. The first-order valence-corrected chi connectivity index (χ1v) is 4.39. The van der Waals surface area contributed by atoms with Gasteiger partial charge in [-0.15, -0.1) is 0 Å². The van der Waals surface area contributed by atoms with Crippen LogP contribution in [-0.2, 0) is 22.6 Å². The zero-order valence-electron chi connectivity index (χ0n) is 8.30.